The van der Waals surface area contributed by atoms with Gasteiger partial charge in [0.25, 0.3) is 5.91 Å². The number of amides is 1. The number of pyridine rings is 2. The minimum absolute atomic E-state index is 0.106. The summed E-state index contributed by atoms with van der Waals surface area (Å²) >= 11 is 0. The normalized spacial score (nSPS) is 13.6. The van der Waals surface area contributed by atoms with Gasteiger partial charge in [0.05, 0.1) is 36.5 Å². The Morgan fingerprint density at radius 1 is 1.19 bits per heavy atom. The average Bonchev–Trinajstić information content (AvgIpc) is 3.23. The minimum atomic E-state index is -4.45. The van der Waals surface area contributed by atoms with Crippen molar-refractivity contribution in [3.8, 4) is 0 Å². The topological polar surface area (TPSA) is 81.3 Å². The lowest BCUT2D eigenvalue weighted by atomic mass is 10.0. The predicted octanol–water partition coefficient (Wildman–Crippen LogP) is 4.56. The molecule has 0 saturated heterocycles. The van der Waals surface area contributed by atoms with Crippen LogP contribution in [0.2, 0.25) is 0 Å². The smallest absolute Gasteiger partial charge is 0.383 e. The number of rotatable bonds is 5. The molecule has 0 bridgehead atoms. The van der Waals surface area contributed by atoms with Gasteiger partial charge >= 0.3 is 6.18 Å². The molecule has 6 nitrogen and oxygen atoms in total. The van der Waals surface area contributed by atoms with Crippen LogP contribution in [0.25, 0.3) is 10.9 Å². The molecule has 1 aromatic carbocycles. The van der Waals surface area contributed by atoms with Crippen molar-refractivity contribution in [2.75, 3.05) is 12.3 Å². The fourth-order valence-corrected chi connectivity index (χ4v) is 3.83. The zero-order valence-electron chi connectivity index (χ0n) is 17.7. The van der Waals surface area contributed by atoms with Gasteiger partial charge in [0.2, 0.25) is 0 Å². The Morgan fingerprint density at radius 3 is 2.59 bits per heavy atom. The van der Waals surface area contributed by atoms with Crippen molar-refractivity contribution in [2.24, 2.45) is 5.92 Å². The number of hydrogen-bond acceptors (Lipinski definition) is 5. The second-order valence-electron chi connectivity index (χ2n) is 8.29. The number of carbonyl (C=O) groups is 1. The number of nitrogens with zero attached hydrogens (tertiary/aromatic N) is 3. The maximum absolute atomic E-state index is 13.4. The Hall–Kier alpha value is -3.20. The Balaban J connectivity index is 1.64. The van der Waals surface area contributed by atoms with E-state index >= 15 is 0 Å². The summed E-state index contributed by atoms with van der Waals surface area (Å²) in [6.45, 7) is 5.27. The van der Waals surface area contributed by atoms with Crippen LogP contribution in [-0.2, 0) is 30.7 Å². The largest absolute Gasteiger partial charge is 0.417 e. The molecule has 0 fully saturated rings. The zero-order chi connectivity index (χ0) is 23.0. The van der Waals surface area contributed by atoms with Crippen molar-refractivity contribution in [2.45, 2.75) is 39.8 Å². The molecule has 0 radical (unpaired) electrons. The van der Waals surface area contributed by atoms with Gasteiger partial charge in [-0.2, -0.15) is 13.2 Å². The standard InChI is InChI=1S/C23H23F3N4O2/c1-13(2)9-30(10-16-5-4-15(8-28-16)23(24,25)26)22(31)14-3-6-20-17(7-14)18-11-32-12-19(18)21(27)29-20/h3-8,13H,9-12H2,1-2H3,(H2,27,29). The van der Waals surface area contributed by atoms with E-state index in [1.54, 1.807) is 23.1 Å². The van der Waals surface area contributed by atoms with E-state index in [-0.39, 0.29) is 18.4 Å². The average molecular weight is 444 g/mol. The van der Waals surface area contributed by atoms with Crippen LogP contribution in [0.3, 0.4) is 0 Å². The molecule has 1 amide bonds. The number of halogens is 3. The number of nitrogens with two attached hydrogens (primary N) is 1. The molecule has 0 unspecified atom stereocenters. The monoisotopic (exact) mass is 444 g/mol. The third-order valence-corrected chi connectivity index (χ3v) is 5.35. The third kappa shape index (κ3) is 4.38. The lowest BCUT2D eigenvalue weighted by molar-refractivity contribution is -0.137. The lowest BCUT2D eigenvalue weighted by Gasteiger charge is -2.25. The predicted molar refractivity (Wildman–Crippen MR) is 113 cm³/mol. The van der Waals surface area contributed by atoms with E-state index in [0.717, 1.165) is 28.8 Å². The fourth-order valence-electron chi connectivity index (χ4n) is 3.83. The van der Waals surface area contributed by atoms with Crippen LogP contribution in [0, 0.1) is 5.92 Å². The van der Waals surface area contributed by atoms with Crippen molar-refractivity contribution in [3.05, 3.63) is 64.5 Å². The summed E-state index contributed by atoms with van der Waals surface area (Å²) in [6.07, 6.45) is -3.66. The highest BCUT2D eigenvalue weighted by Crippen LogP contribution is 2.32. The summed E-state index contributed by atoms with van der Waals surface area (Å²) in [7, 11) is 0. The second kappa shape index (κ2) is 8.38. The molecule has 4 rings (SSSR count). The van der Waals surface area contributed by atoms with Gasteiger partial charge < -0.3 is 15.4 Å². The van der Waals surface area contributed by atoms with Crippen LogP contribution < -0.4 is 5.73 Å². The molecule has 2 N–H and O–H groups in total. The summed E-state index contributed by atoms with van der Waals surface area (Å²) in [6, 6.07) is 7.51. The summed E-state index contributed by atoms with van der Waals surface area (Å²) in [5.74, 6) is 0.360. The van der Waals surface area contributed by atoms with Crippen molar-refractivity contribution < 1.29 is 22.7 Å². The van der Waals surface area contributed by atoms with Gasteiger partial charge in [0, 0.05) is 29.3 Å². The Morgan fingerprint density at radius 2 is 1.94 bits per heavy atom. The Labute approximate surface area is 183 Å². The van der Waals surface area contributed by atoms with Gasteiger partial charge in [-0.3, -0.25) is 9.78 Å². The number of nitrogen functional groups attached to an aromatic ring is 1. The highest BCUT2D eigenvalue weighted by Gasteiger charge is 2.31. The van der Waals surface area contributed by atoms with Crippen LogP contribution in [0.5, 0.6) is 0 Å². The van der Waals surface area contributed by atoms with E-state index in [9.17, 15) is 18.0 Å². The molecule has 168 valence electrons. The van der Waals surface area contributed by atoms with Gasteiger partial charge in [-0.25, -0.2) is 4.98 Å². The maximum atomic E-state index is 13.4. The summed E-state index contributed by atoms with van der Waals surface area (Å²) in [5, 5.41) is 0.815. The van der Waals surface area contributed by atoms with Crippen LogP contribution in [0.1, 0.15) is 46.6 Å². The summed E-state index contributed by atoms with van der Waals surface area (Å²) in [5.41, 5.74) is 8.51. The molecule has 3 aromatic rings. The van der Waals surface area contributed by atoms with Gasteiger partial charge in [-0.05, 0) is 41.8 Å². The number of hydrogen-bond donors (Lipinski definition) is 1. The molecular formula is C23H23F3N4O2. The van der Waals surface area contributed by atoms with Gasteiger partial charge in [0.1, 0.15) is 5.82 Å². The van der Waals surface area contributed by atoms with Crippen LogP contribution in [0.4, 0.5) is 19.0 Å². The third-order valence-electron chi connectivity index (χ3n) is 5.35. The first-order chi connectivity index (χ1) is 15.1. The van der Waals surface area contributed by atoms with Gasteiger partial charge in [0.15, 0.2) is 0 Å². The fraction of sp³-hybridized carbons (Fsp3) is 0.348. The zero-order valence-corrected chi connectivity index (χ0v) is 17.7. The molecular weight excluding hydrogens is 421 g/mol. The number of carbonyl (C=O) groups excluding carboxylic acids is 1. The van der Waals surface area contributed by atoms with E-state index in [4.69, 9.17) is 10.5 Å². The van der Waals surface area contributed by atoms with Crippen molar-refractivity contribution in [1.82, 2.24) is 14.9 Å². The minimum Gasteiger partial charge on any atom is -0.383 e. The van der Waals surface area contributed by atoms with Crippen LogP contribution >= 0.6 is 0 Å². The number of anilines is 1. The first-order valence-corrected chi connectivity index (χ1v) is 10.2. The van der Waals surface area contributed by atoms with Crippen molar-refractivity contribution >= 4 is 22.6 Å². The highest BCUT2D eigenvalue weighted by atomic mass is 19.4. The number of benzene rings is 1. The molecule has 1 aliphatic heterocycles. The number of alkyl halides is 3. The molecule has 0 aliphatic carbocycles. The molecule has 32 heavy (non-hydrogen) atoms. The molecule has 0 atom stereocenters. The number of aromatic nitrogens is 2. The van der Waals surface area contributed by atoms with Gasteiger partial charge in [-0.1, -0.05) is 13.8 Å². The molecule has 2 aromatic heterocycles. The molecule has 0 spiro atoms. The molecule has 3 heterocycles. The first kappa shape index (κ1) is 22.0. The van der Waals surface area contributed by atoms with Crippen molar-refractivity contribution in [1.29, 1.82) is 0 Å². The highest BCUT2D eigenvalue weighted by molar-refractivity contribution is 5.99. The SMILES string of the molecule is CC(C)CN(Cc1ccc(C(F)(F)F)cn1)C(=O)c1ccc2nc(N)c3c(c2c1)COC3. The summed E-state index contributed by atoms with van der Waals surface area (Å²) < 4.78 is 44.0. The molecule has 1 aliphatic rings. The second-order valence-corrected chi connectivity index (χ2v) is 8.29. The maximum Gasteiger partial charge on any atom is 0.417 e. The van der Waals surface area contributed by atoms with Crippen molar-refractivity contribution in [3.63, 3.8) is 0 Å². The number of fused-ring (bicyclic) bond motifs is 3. The summed E-state index contributed by atoms with van der Waals surface area (Å²) in [4.78, 5) is 23.3. The van der Waals surface area contributed by atoms with Gasteiger partial charge in [-0.15, -0.1) is 0 Å². The van der Waals surface area contributed by atoms with E-state index in [1.165, 1.54) is 6.07 Å². The molecule has 9 heteroatoms. The van der Waals surface area contributed by atoms with E-state index in [0.29, 0.717) is 42.4 Å². The first-order valence-electron chi connectivity index (χ1n) is 10.2. The van der Waals surface area contributed by atoms with E-state index in [2.05, 4.69) is 9.97 Å². The van der Waals surface area contributed by atoms with Crippen LogP contribution in [0.15, 0.2) is 36.5 Å². The Bertz CT molecular complexity index is 1160. The van der Waals surface area contributed by atoms with E-state index < -0.39 is 11.7 Å². The quantitative estimate of drug-likeness (QED) is 0.624. The lowest BCUT2D eigenvalue weighted by Crippen LogP contribution is -2.34. The Kier molecular flexibility index (Phi) is 5.77. The number of ether oxygens (including phenoxy) is 1. The van der Waals surface area contributed by atoms with E-state index in [1.807, 2.05) is 13.8 Å². The molecule has 0 saturated carbocycles. The van der Waals surface area contributed by atoms with Crippen LogP contribution in [-0.4, -0.2) is 27.3 Å².